The van der Waals surface area contributed by atoms with E-state index in [0.717, 1.165) is 0 Å². The zero-order chi connectivity index (χ0) is 13.1. The molecule has 0 radical (unpaired) electrons. The number of hydrogen-bond donors (Lipinski definition) is 1. The van der Waals surface area contributed by atoms with E-state index in [9.17, 15) is 4.39 Å². The summed E-state index contributed by atoms with van der Waals surface area (Å²) in [4.78, 5) is 8.13. The van der Waals surface area contributed by atoms with E-state index in [0.29, 0.717) is 15.9 Å². The average molecular weight is 328 g/mol. The summed E-state index contributed by atoms with van der Waals surface area (Å²) in [5.74, 6) is 0.353. The van der Waals surface area contributed by atoms with Crippen molar-refractivity contribution in [1.82, 2.24) is 9.97 Å². The molecule has 0 aliphatic carbocycles. The fourth-order valence-electron chi connectivity index (χ4n) is 1.16. The van der Waals surface area contributed by atoms with Crippen LogP contribution in [0.2, 0.25) is 0 Å². The molecule has 0 saturated carbocycles. The molecule has 0 unspecified atom stereocenters. The van der Waals surface area contributed by atoms with Gasteiger partial charge in [-0.3, -0.25) is 0 Å². The zero-order valence-corrected chi connectivity index (χ0v) is 11.3. The number of nitrogens with zero attached hydrogens (tertiary/aromatic N) is 2. The van der Waals surface area contributed by atoms with E-state index < -0.39 is 0 Å². The van der Waals surface area contributed by atoms with Crippen molar-refractivity contribution in [2.45, 2.75) is 0 Å². The van der Waals surface area contributed by atoms with Crippen molar-refractivity contribution >= 4 is 33.1 Å². The van der Waals surface area contributed by atoms with Gasteiger partial charge in [-0.15, -0.1) is 0 Å². The molecule has 1 heterocycles. The van der Waals surface area contributed by atoms with Crippen LogP contribution in [0.5, 0.6) is 11.6 Å². The second-order valence-electron chi connectivity index (χ2n) is 3.28. The van der Waals surface area contributed by atoms with Crippen molar-refractivity contribution in [3.05, 3.63) is 46.6 Å². The summed E-state index contributed by atoms with van der Waals surface area (Å²) < 4.78 is 18.7. The summed E-state index contributed by atoms with van der Waals surface area (Å²) in [5, 5.41) is 0. The van der Waals surface area contributed by atoms with Crippen LogP contribution >= 0.6 is 28.1 Å². The second kappa shape index (κ2) is 5.36. The van der Waals surface area contributed by atoms with Crippen LogP contribution in [0, 0.1) is 5.82 Å². The fourth-order valence-corrected chi connectivity index (χ4v) is 1.62. The predicted octanol–water partition coefficient (Wildman–Crippen LogP) is 2.80. The van der Waals surface area contributed by atoms with E-state index >= 15 is 0 Å². The number of rotatable bonds is 3. The van der Waals surface area contributed by atoms with E-state index in [1.54, 1.807) is 0 Å². The molecule has 0 spiro atoms. The fraction of sp³-hybridized carbons (Fsp3) is 0. The van der Waals surface area contributed by atoms with Crippen molar-refractivity contribution < 1.29 is 9.13 Å². The highest BCUT2D eigenvalue weighted by Crippen LogP contribution is 2.24. The molecule has 1 aromatic heterocycles. The summed E-state index contributed by atoms with van der Waals surface area (Å²) in [7, 11) is 0. The number of nitrogens with two attached hydrogens (primary N) is 1. The molecular formula is C11H7BrFN3OS. The Kier molecular flexibility index (Phi) is 3.83. The second-order valence-corrected chi connectivity index (χ2v) is 4.58. The van der Waals surface area contributed by atoms with Crippen LogP contribution in [-0.4, -0.2) is 15.0 Å². The van der Waals surface area contributed by atoms with E-state index in [1.165, 1.54) is 30.6 Å². The van der Waals surface area contributed by atoms with Crippen molar-refractivity contribution in [3.63, 3.8) is 0 Å². The Labute approximate surface area is 116 Å². The maximum absolute atomic E-state index is 13.0. The zero-order valence-electron chi connectivity index (χ0n) is 8.93. The third-order valence-electron chi connectivity index (χ3n) is 1.99. The Hall–Kier alpha value is -1.60. The summed E-state index contributed by atoms with van der Waals surface area (Å²) in [5.41, 5.74) is 5.81. The van der Waals surface area contributed by atoms with Gasteiger partial charge < -0.3 is 10.5 Å². The van der Waals surface area contributed by atoms with E-state index in [-0.39, 0.29) is 16.7 Å². The first-order valence-electron chi connectivity index (χ1n) is 4.81. The molecule has 18 heavy (non-hydrogen) atoms. The third kappa shape index (κ3) is 2.99. The van der Waals surface area contributed by atoms with Gasteiger partial charge in [0, 0.05) is 0 Å². The van der Waals surface area contributed by atoms with Gasteiger partial charge in [-0.25, -0.2) is 14.4 Å². The summed E-state index contributed by atoms with van der Waals surface area (Å²) in [6.45, 7) is 0. The number of thiocarbonyl (C=S) groups is 1. The lowest BCUT2D eigenvalue weighted by atomic mass is 10.3. The molecule has 0 atom stereocenters. The number of aromatic nitrogens is 2. The lowest BCUT2D eigenvalue weighted by Gasteiger charge is -2.05. The minimum atomic E-state index is -0.364. The van der Waals surface area contributed by atoms with Crippen molar-refractivity contribution in [3.8, 4) is 11.6 Å². The van der Waals surface area contributed by atoms with Crippen LogP contribution < -0.4 is 10.5 Å². The molecule has 0 aliphatic heterocycles. The molecule has 0 saturated heterocycles. The van der Waals surface area contributed by atoms with Gasteiger partial charge in [0.05, 0.1) is 16.9 Å². The highest BCUT2D eigenvalue weighted by atomic mass is 79.9. The Balaban J connectivity index is 2.18. The highest BCUT2D eigenvalue weighted by molar-refractivity contribution is 9.10. The molecule has 0 fully saturated rings. The lowest BCUT2D eigenvalue weighted by Crippen LogP contribution is -2.11. The average Bonchev–Trinajstić information content (AvgIpc) is 2.34. The Morgan fingerprint density at radius 3 is 2.67 bits per heavy atom. The molecule has 1 aromatic carbocycles. The molecule has 2 aromatic rings. The minimum absolute atomic E-state index is 0.165. The molecule has 0 amide bonds. The SMILES string of the molecule is NC(=S)c1cnc(Oc2ccc(F)c(Br)c2)cn1. The summed E-state index contributed by atoms with van der Waals surface area (Å²) in [6.07, 6.45) is 2.81. The summed E-state index contributed by atoms with van der Waals surface area (Å²) >= 11 is 7.82. The van der Waals surface area contributed by atoms with E-state index in [2.05, 4.69) is 25.9 Å². The maximum Gasteiger partial charge on any atom is 0.237 e. The third-order valence-corrected chi connectivity index (χ3v) is 2.81. The molecule has 92 valence electrons. The molecule has 0 aliphatic rings. The highest BCUT2D eigenvalue weighted by Gasteiger charge is 2.05. The van der Waals surface area contributed by atoms with Crippen molar-refractivity contribution in [2.75, 3.05) is 0 Å². The topological polar surface area (TPSA) is 61.0 Å². The van der Waals surface area contributed by atoms with Crippen molar-refractivity contribution in [1.29, 1.82) is 0 Å². The van der Waals surface area contributed by atoms with Crippen LogP contribution in [0.1, 0.15) is 5.69 Å². The number of benzene rings is 1. The summed E-state index contributed by atoms with van der Waals surface area (Å²) in [6, 6.07) is 4.28. The van der Waals surface area contributed by atoms with Crippen LogP contribution in [0.25, 0.3) is 0 Å². The predicted molar refractivity (Wildman–Crippen MR) is 72.1 cm³/mol. The normalized spacial score (nSPS) is 10.1. The molecule has 2 N–H and O–H groups in total. The van der Waals surface area contributed by atoms with Crippen molar-refractivity contribution in [2.24, 2.45) is 5.73 Å². The molecule has 0 bridgehead atoms. The Morgan fingerprint density at radius 2 is 2.11 bits per heavy atom. The molecule has 4 nitrogen and oxygen atoms in total. The molecule has 7 heteroatoms. The number of halogens is 2. The quantitative estimate of drug-likeness (QED) is 0.878. The standard InChI is InChI=1S/C11H7BrFN3OS/c12-7-3-6(1-2-8(7)13)17-10-5-15-9(4-16-10)11(14)18/h1-5H,(H2,14,18). The van der Waals surface area contributed by atoms with Gasteiger partial charge in [0.2, 0.25) is 5.88 Å². The van der Waals surface area contributed by atoms with Crippen LogP contribution in [0.15, 0.2) is 35.1 Å². The van der Waals surface area contributed by atoms with Gasteiger partial charge in [-0.1, -0.05) is 12.2 Å². The first-order chi connectivity index (χ1) is 8.56. The van der Waals surface area contributed by atoms with Crippen LogP contribution in [0.4, 0.5) is 4.39 Å². The Bertz CT molecular complexity index is 591. The number of hydrogen-bond acceptors (Lipinski definition) is 4. The molecule has 2 rings (SSSR count). The van der Waals surface area contributed by atoms with Gasteiger partial charge in [0.25, 0.3) is 0 Å². The van der Waals surface area contributed by atoms with Gasteiger partial charge in [-0.2, -0.15) is 0 Å². The van der Waals surface area contributed by atoms with Crippen LogP contribution in [-0.2, 0) is 0 Å². The van der Waals surface area contributed by atoms with Gasteiger partial charge in [-0.05, 0) is 34.1 Å². The monoisotopic (exact) mass is 327 g/mol. The lowest BCUT2D eigenvalue weighted by molar-refractivity contribution is 0.458. The van der Waals surface area contributed by atoms with E-state index in [4.69, 9.17) is 22.7 Å². The number of ether oxygens (including phenoxy) is 1. The maximum atomic E-state index is 13.0. The van der Waals surface area contributed by atoms with E-state index in [1.807, 2.05) is 0 Å². The van der Waals surface area contributed by atoms with Gasteiger partial charge in [0.1, 0.15) is 22.2 Å². The largest absolute Gasteiger partial charge is 0.437 e. The minimum Gasteiger partial charge on any atom is -0.437 e. The first-order valence-corrected chi connectivity index (χ1v) is 6.01. The molecular weight excluding hydrogens is 321 g/mol. The van der Waals surface area contributed by atoms with Crippen LogP contribution in [0.3, 0.4) is 0 Å². The Morgan fingerprint density at radius 1 is 1.33 bits per heavy atom. The van der Waals surface area contributed by atoms with Gasteiger partial charge >= 0.3 is 0 Å². The van der Waals surface area contributed by atoms with Gasteiger partial charge in [0.15, 0.2) is 0 Å². The first kappa shape index (κ1) is 12.8. The smallest absolute Gasteiger partial charge is 0.237 e.